The van der Waals surface area contributed by atoms with Crippen LogP contribution in [0, 0.1) is 12.3 Å². The largest absolute Gasteiger partial charge is 0.495 e. The van der Waals surface area contributed by atoms with Gasteiger partial charge in [0.2, 0.25) is 0 Å². The van der Waals surface area contributed by atoms with Crippen LogP contribution in [0.1, 0.15) is 41.9 Å². The SMILES string of the molecule is COc1ccc(NS(=O)(=O)c2cc3[nH]c4c(c3cc2C)C(=O)CC(C)(C)C4)cc1Cl. The van der Waals surface area contributed by atoms with Crippen LogP contribution in [0.4, 0.5) is 5.69 Å². The van der Waals surface area contributed by atoms with Crippen molar-refractivity contribution in [1.82, 2.24) is 4.98 Å². The van der Waals surface area contributed by atoms with Crippen LogP contribution in [0.3, 0.4) is 0 Å². The Hall–Kier alpha value is -2.51. The van der Waals surface area contributed by atoms with Gasteiger partial charge in [0.1, 0.15) is 5.75 Å². The van der Waals surface area contributed by atoms with Crippen molar-refractivity contribution in [2.75, 3.05) is 11.8 Å². The highest BCUT2D eigenvalue weighted by Crippen LogP contribution is 2.39. The maximum atomic E-state index is 13.1. The molecule has 1 heterocycles. The van der Waals surface area contributed by atoms with Crippen molar-refractivity contribution < 1.29 is 17.9 Å². The molecule has 30 heavy (non-hydrogen) atoms. The van der Waals surface area contributed by atoms with Crippen molar-refractivity contribution in [2.24, 2.45) is 5.41 Å². The van der Waals surface area contributed by atoms with Gasteiger partial charge in [-0.05, 0) is 54.7 Å². The summed E-state index contributed by atoms with van der Waals surface area (Å²) in [5, 5.41) is 1.08. The van der Waals surface area contributed by atoms with Gasteiger partial charge in [-0.1, -0.05) is 25.4 Å². The summed E-state index contributed by atoms with van der Waals surface area (Å²) in [6.45, 7) is 5.85. The summed E-state index contributed by atoms with van der Waals surface area (Å²) in [6, 6.07) is 8.06. The monoisotopic (exact) mass is 446 g/mol. The number of hydrogen-bond donors (Lipinski definition) is 2. The number of hydrogen-bond acceptors (Lipinski definition) is 4. The van der Waals surface area contributed by atoms with E-state index in [1.807, 2.05) is 0 Å². The van der Waals surface area contributed by atoms with Crippen LogP contribution in [0.25, 0.3) is 10.9 Å². The third kappa shape index (κ3) is 3.56. The molecule has 0 amide bonds. The number of carbonyl (C=O) groups is 1. The van der Waals surface area contributed by atoms with Gasteiger partial charge in [0.25, 0.3) is 10.0 Å². The number of carbonyl (C=O) groups excluding carboxylic acids is 1. The van der Waals surface area contributed by atoms with E-state index in [1.165, 1.54) is 13.2 Å². The number of sulfonamides is 1. The first-order chi connectivity index (χ1) is 14.0. The number of ketones is 1. The number of aryl methyl sites for hydroxylation is 1. The van der Waals surface area contributed by atoms with E-state index < -0.39 is 10.0 Å². The number of fused-ring (bicyclic) bond motifs is 3. The fourth-order valence-electron chi connectivity index (χ4n) is 4.13. The predicted molar refractivity (Wildman–Crippen MR) is 118 cm³/mol. The minimum absolute atomic E-state index is 0.0912. The number of rotatable bonds is 4. The summed E-state index contributed by atoms with van der Waals surface area (Å²) in [5.41, 5.74) is 2.98. The van der Waals surface area contributed by atoms with Gasteiger partial charge in [0.15, 0.2) is 5.78 Å². The van der Waals surface area contributed by atoms with E-state index in [0.717, 1.165) is 17.5 Å². The third-order valence-corrected chi connectivity index (χ3v) is 7.26. The normalized spacial score (nSPS) is 15.8. The lowest BCUT2D eigenvalue weighted by molar-refractivity contribution is 0.0913. The predicted octanol–water partition coefficient (Wildman–Crippen LogP) is 5.09. The van der Waals surface area contributed by atoms with Crippen LogP contribution >= 0.6 is 11.6 Å². The smallest absolute Gasteiger partial charge is 0.262 e. The number of methoxy groups -OCH3 is 1. The van der Waals surface area contributed by atoms with Crippen molar-refractivity contribution in [3.63, 3.8) is 0 Å². The lowest BCUT2D eigenvalue weighted by Crippen LogP contribution is -2.26. The number of aromatic nitrogens is 1. The molecule has 0 spiro atoms. The quantitative estimate of drug-likeness (QED) is 0.583. The summed E-state index contributed by atoms with van der Waals surface area (Å²) in [6.07, 6.45) is 1.22. The summed E-state index contributed by atoms with van der Waals surface area (Å²) in [7, 11) is -2.37. The number of aromatic amines is 1. The fraction of sp³-hybridized carbons (Fsp3) is 0.318. The standard InChI is InChI=1S/C22H23ClN2O4S/c1-12-7-14-16(24-17-10-22(2,3)11-18(26)21(14)17)9-20(12)30(27,28)25-13-5-6-19(29-4)15(23)8-13/h5-9,24-25H,10-11H2,1-4H3. The fourth-order valence-corrected chi connectivity index (χ4v) is 5.69. The van der Waals surface area contributed by atoms with E-state index in [9.17, 15) is 13.2 Å². The molecule has 1 aliphatic rings. The maximum absolute atomic E-state index is 13.1. The molecule has 0 saturated carbocycles. The molecule has 0 radical (unpaired) electrons. The van der Waals surface area contributed by atoms with E-state index in [-0.39, 0.29) is 16.1 Å². The zero-order valence-corrected chi connectivity index (χ0v) is 18.8. The molecule has 2 N–H and O–H groups in total. The molecule has 0 saturated heterocycles. The van der Waals surface area contributed by atoms with Gasteiger partial charge in [-0.25, -0.2) is 8.42 Å². The van der Waals surface area contributed by atoms with Crippen LogP contribution in [0.15, 0.2) is 35.2 Å². The first-order valence-corrected chi connectivity index (χ1v) is 11.4. The molecule has 158 valence electrons. The molecule has 2 aromatic carbocycles. The Labute approximate surface area is 180 Å². The Kier molecular flexibility index (Phi) is 4.86. The maximum Gasteiger partial charge on any atom is 0.262 e. The van der Waals surface area contributed by atoms with Gasteiger partial charge in [-0.3, -0.25) is 9.52 Å². The van der Waals surface area contributed by atoms with Crippen LogP contribution in [-0.4, -0.2) is 26.3 Å². The Bertz CT molecular complexity index is 1290. The molecule has 4 rings (SSSR count). The van der Waals surface area contributed by atoms with Gasteiger partial charge < -0.3 is 9.72 Å². The molecule has 1 aromatic heterocycles. The van der Waals surface area contributed by atoms with Crippen molar-refractivity contribution in [2.45, 2.75) is 38.5 Å². The molecule has 1 aliphatic carbocycles. The average Bonchev–Trinajstić information content (AvgIpc) is 2.96. The second-order valence-electron chi connectivity index (χ2n) is 8.54. The molecule has 0 aliphatic heterocycles. The van der Waals surface area contributed by atoms with Crippen LogP contribution in [0.5, 0.6) is 5.75 Å². The zero-order valence-electron chi connectivity index (χ0n) is 17.2. The molecular formula is C22H23ClN2O4S. The van der Waals surface area contributed by atoms with Gasteiger partial charge in [0, 0.05) is 28.6 Å². The number of halogens is 1. The van der Waals surface area contributed by atoms with Crippen LogP contribution in [-0.2, 0) is 16.4 Å². The molecule has 0 atom stereocenters. The van der Waals surface area contributed by atoms with Crippen molar-refractivity contribution in [1.29, 1.82) is 0 Å². The second-order valence-corrected chi connectivity index (χ2v) is 10.6. The van der Waals surface area contributed by atoms with E-state index in [4.69, 9.17) is 16.3 Å². The van der Waals surface area contributed by atoms with E-state index in [2.05, 4.69) is 23.6 Å². The second kappa shape index (κ2) is 7.03. The van der Waals surface area contributed by atoms with Crippen molar-refractivity contribution in [3.05, 3.63) is 52.2 Å². The van der Waals surface area contributed by atoms with Crippen molar-refractivity contribution in [3.8, 4) is 5.75 Å². The van der Waals surface area contributed by atoms with Crippen LogP contribution < -0.4 is 9.46 Å². The van der Waals surface area contributed by atoms with Gasteiger partial charge in [-0.2, -0.15) is 0 Å². The number of H-pyrrole nitrogens is 1. The summed E-state index contributed by atoms with van der Waals surface area (Å²) in [4.78, 5) is 16.1. The van der Waals surface area contributed by atoms with E-state index in [1.54, 1.807) is 31.2 Å². The first kappa shape index (κ1) is 20.8. The topological polar surface area (TPSA) is 88.3 Å². The zero-order chi connectivity index (χ0) is 21.8. The third-order valence-electron chi connectivity index (χ3n) is 5.44. The number of ether oxygens (including phenoxy) is 1. The van der Waals surface area contributed by atoms with Gasteiger partial charge >= 0.3 is 0 Å². The minimum atomic E-state index is -3.86. The lowest BCUT2D eigenvalue weighted by atomic mass is 9.76. The minimum Gasteiger partial charge on any atom is -0.495 e. The lowest BCUT2D eigenvalue weighted by Gasteiger charge is -2.28. The van der Waals surface area contributed by atoms with Gasteiger partial charge in [-0.15, -0.1) is 0 Å². The Morgan fingerprint density at radius 2 is 1.90 bits per heavy atom. The van der Waals surface area contributed by atoms with Crippen molar-refractivity contribution >= 4 is 44.0 Å². The highest BCUT2D eigenvalue weighted by Gasteiger charge is 2.34. The Morgan fingerprint density at radius 1 is 1.17 bits per heavy atom. The summed E-state index contributed by atoms with van der Waals surface area (Å²) in [5.74, 6) is 0.551. The number of benzene rings is 2. The number of nitrogens with one attached hydrogen (secondary N) is 2. The molecule has 3 aromatic rings. The highest BCUT2D eigenvalue weighted by atomic mass is 35.5. The van der Waals surface area contributed by atoms with E-state index in [0.29, 0.717) is 39.5 Å². The number of anilines is 1. The Balaban J connectivity index is 1.76. The molecule has 0 bridgehead atoms. The molecule has 8 heteroatoms. The number of Topliss-reactive ketones (excluding diaryl/α,β-unsaturated/α-hetero) is 1. The average molecular weight is 447 g/mol. The van der Waals surface area contributed by atoms with Crippen LogP contribution in [0.2, 0.25) is 5.02 Å². The first-order valence-electron chi connectivity index (χ1n) is 9.55. The molecular weight excluding hydrogens is 424 g/mol. The summed E-state index contributed by atoms with van der Waals surface area (Å²) < 4.78 is 33.8. The highest BCUT2D eigenvalue weighted by molar-refractivity contribution is 7.92. The molecule has 0 unspecified atom stereocenters. The Morgan fingerprint density at radius 3 is 2.57 bits per heavy atom. The summed E-state index contributed by atoms with van der Waals surface area (Å²) >= 11 is 6.11. The van der Waals surface area contributed by atoms with Gasteiger partial charge in [0.05, 0.1) is 22.7 Å². The molecule has 0 fully saturated rings. The molecule has 6 nitrogen and oxygen atoms in total. The van der Waals surface area contributed by atoms with E-state index >= 15 is 0 Å².